The Morgan fingerprint density at radius 1 is 1.00 bits per heavy atom. The van der Waals surface area contributed by atoms with E-state index in [1.807, 2.05) is 71.0 Å². The van der Waals surface area contributed by atoms with Crippen molar-refractivity contribution in [1.29, 1.82) is 0 Å². The molecule has 0 aliphatic heterocycles. The SMILES string of the molecule is CC[C@H](NC(=O)CN(c1c(C)cc(C)cc1C)S(C)(=O)=O)c1ccc(C)cc1. The molecule has 0 bridgehead atoms. The molecule has 6 heteroatoms. The summed E-state index contributed by atoms with van der Waals surface area (Å²) >= 11 is 0. The molecule has 0 saturated carbocycles. The molecule has 1 atom stereocenters. The van der Waals surface area contributed by atoms with Gasteiger partial charge < -0.3 is 5.32 Å². The summed E-state index contributed by atoms with van der Waals surface area (Å²) in [5.74, 6) is -0.322. The first-order valence-corrected chi connectivity index (χ1v) is 11.3. The number of anilines is 1. The number of benzene rings is 2. The zero-order valence-corrected chi connectivity index (χ0v) is 18.4. The first kappa shape index (κ1) is 22.0. The quantitative estimate of drug-likeness (QED) is 0.762. The molecule has 1 N–H and O–H groups in total. The fourth-order valence-electron chi connectivity index (χ4n) is 3.52. The minimum absolute atomic E-state index is 0.158. The third kappa shape index (κ3) is 5.35. The van der Waals surface area contributed by atoms with Gasteiger partial charge in [0.25, 0.3) is 0 Å². The summed E-state index contributed by atoms with van der Waals surface area (Å²) in [6, 6.07) is 11.7. The van der Waals surface area contributed by atoms with Gasteiger partial charge in [-0.1, -0.05) is 54.4 Å². The summed E-state index contributed by atoms with van der Waals surface area (Å²) < 4.78 is 26.1. The van der Waals surface area contributed by atoms with E-state index in [0.29, 0.717) is 5.69 Å². The fourth-order valence-corrected chi connectivity index (χ4v) is 4.49. The van der Waals surface area contributed by atoms with Crippen molar-refractivity contribution in [3.63, 3.8) is 0 Å². The predicted molar refractivity (Wildman–Crippen MR) is 115 cm³/mol. The number of amides is 1. The number of hydrogen-bond donors (Lipinski definition) is 1. The predicted octanol–water partition coefficient (Wildman–Crippen LogP) is 3.95. The van der Waals surface area contributed by atoms with Gasteiger partial charge in [0.1, 0.15) is 6.54 Å². The van der Waals surface area contributed by atoms with Crippen LogP contribution < -0.4 is 9.62 Å². The fraction of sp³-hybridized carbons (Fsp3) is 0.409. The Morgan fingerprint density at radius 3 is 2.00 bits per heavy atom. The molecule has 0 heterocycles. The molecule has 0 fully saturated rings. The molecular weight excluding hydrogens is 372 g/mol. The van der Waals surface area contributed by atoms with Crippen LogP contribution >= 0.6 is 0 Å². The van der Waals surface area contributed by atoms with E-state index in [0.717, 1.165) is 40.5 Å². The van der Waals surface area contributed by atoms with Gasteiger partial charge in [-0.15, -0.1) is 0 Å². The first-order chi connectivity index (χ1) is 13.0. The van der Waals surface area contributed by atoms with Gasteiger partial charge in [-0.3, -0.25) is 9.10 Å². The highest BCUT2D eigenvalue weighted by Crippen LogP contribution is 2.28. The van der Waals surface area contributed by atoms with E-state index in [1.54, 1.807) is 0 Å². The number of carbonyl (C=O) groups is 1. The summed E-state index contributed by atoms with van der Waals surface area (Å²) in [6.45, 7) is 9.46. The summed E-state index contributed by atoms with van der Waals surface area (Å²) in [5.41, 5.74) is 5.46. The zero-order valence-electron chi connectivity index (χ0n) is 17.5. The summed E-state index contributed by atoms with van der Waals surface area (Å²) in [7, 11) is -3.61. The molecule has 28 heavy (non-hydrogen) atoms. The van der Waals surface area contributed by atoms with E-state index in [2.05, 4.69) is 5.32 Å². The van der Waals surface area contributed by atoms with E-state index in [-0.39, 0.29) is 18.5 Å². The Kier molecular flexibility index (Phi) is 6.88. The summed E-state index contributed by atoms with van der Waals surface area (Å²) in [5, 5.41) is 2.98. The van der Waals surface area contributed by atoms with Crippen LogP contribution in [-0.2, 0) is 14.8 Å². The third-order valence-corrected chi connectivity index (χ3v) is 5.91. The van der Waals surface area contributed by atoms with Gasteiger partial charge in [0.15, 0.2) is 0 Å². The Bertz CT molecular complexity index is 927. The van der Waals surface area contributed by atoms with Crippen LogP contribution in [0.15, 0.2) is 36.4 Å². The van der Waals surface area contributed by atoms with Crippen molar-refractivity contribution in [2.45, 2.75) is 47.1 Å². The average molecular weight is 403 g/mol. The van der Waals surface area contributed by atoms with Gasteiger partial charge in [-0.25, -0.2) is 8.42 Å². The van der Waals surface area contributed by atoms with Gasteiger partial charge >= 0.3 is 0 Å². The van der Waals surface area contributed by atoms with Crippen molar-refractivity contribution in [1.82, 2.24) is 5.32 Å². The molecule has 2 aromatic rings. The molecular formula is C22H30N2O3S. The van der Waals surface area contributed by atoms with Crippen LogP contribution in [0.5, 0.6) is 0 Å². The average Bonchev–Trinajstić information content (AvgIpc) is 2.58. The maximum absolute atomic E-state index is 12.8. The summed E-state index contributed by atoms with van der Waals surface area (Å²) in [6.07, 6.45) is 1.85. The molecule has 1 amide bonds. The molecule has 0 radical (unpaired) electrons. The van der Waals surface area contributed by atoms with Gasteiger partial charge in [-0.05, 0) is 50.8 Å². The molecule has 0 aromatic heterocycles. The van der Waals surface area contributed by atoms with E-state index in [4.69, 9.17) is 0 Å². The van der Waals surface area contributed by atoms with Crippen LogP contribution in [0.2, 0.25) is 0 Å². The maximum Gasteiger partial charge on any atom is 0.241 e. The lowest BCUT2D eigenvalue weighted by molar-refractivity contribution is -0.120. The Labute approximate surface area is 168 Å². The lowest BCUT2D eigenvalue weighted by atomic mass is 10.0. The van der Waals surface area contributed by atoms with Crippen LogP contribution in [0.4, 0.5) is 5.69 Å². The molecule has 2 rings (SSSR count). The smallest absolute Gasteiger partial charge is 0.241 e. The molecule has 0 aliphatic rings. The molecule has 0 unspecified atom stereocenters. The van der Waals surface area contributed by atoms with Gasteiger partial charge in [0.2, 0.25) is 15.9 Å². The minimum atomic E-state index is -3.61. The molecule has 152 valence electrons. The van der Waals surface area contributed by atoms with E-state index < -0.39 is 10.0 Å². The highest BCUT2D eigenvalue weighted by Gasteiger charge is 2.25. The summed E-state index contributed by atoms with van der Waals surface area (Å²) in [4.78, 5) is 12.8. The lowest BCUT2D eigenvalue weighted by Gasteiger charge is -2.27. The minimum Gasteiger partial charge on any atom is -0.348 e. The topological polar surface area (TPSA) is 66.5 Å². The van der Waals surface area contributed by atoms with Crippen molar-refractivity contribution >= 4 is 21.6 Å². The van der Waals surface area contributed by atoms with Gasteiger partial charge in [0, 0.05) is 0 Å². The Balaban J connectivity index is 2.28. The van der Waals surface area contributed by atoms with E-state index in [1.165, 1.54) is 4.31 Å². The standard InChI is InChI=1S/C22H30N2O3S/c1-7-20(19-10-8-15(2)9-11-19)23-21(25)14-24(28(6,26)27)22-17(4)12-16(3)13-18(22)5/h8-13,20H,7,14H2,1-6H3,(H,23,25)/t20-/m0/s1. The highest BCUT2D eigenvalue weighted by atomic mass is 32.2. The third-order valence-electron chi connectivity index (χ3n) is 4.80. The Morgan fingerprint density at radius 2 is 1.54 bits per heavy atom. The van der Waals surface area contributed by atoms with Gasteiger partial charge in [0.05, 0.1) is 18.0 Å². The zero-order chi connectivity index (χ0) is 21.1. The number of hydrogen-bond acceptors (Lipinski definition) is 3. The largest absolute Gasteiger partial charge is 0.348 e. The molecule has 2 aromatic carbocycles. The molecule has 0 aliphatic carbocycles. The van der Waals surface area contributed by atoms with Crippen LogP contribution in [-0.4, -0.2) is 27.1 Å². The number of aryl methyl sites for hydroxylation is 4. The Hall–Kier alpha value is -2.34. The van der Waals surface area contributed by atoms with Crippen LogP contribution in [0, 0.1) is 27.7 Å². The number of nitrogens with zero attached hydrogens (tertiary/aromatic N) is 1. The monoisotopic (exact) mass is 402 g/mol. The second-order valence-corrected chi connectivity index (χ2v) is 9.36. The second-order valence-electron chi connectivity index (χ2n) is 7.46. The van der Waals surface area contributed by atoms with Crippen molar-refractivity contribution in [2.24, 2.45) is 0 Å². The number of rotatable bonds is 7. The van der Waals surface area contributed by atoms with Crippen molar-refractivity contribution in [3.8, 4) is 0 Å². The lowest BCUT2D eigenvalue weighted by Crippen LogP contribution is -2.42. The van der Waals surface area contributed by atoms with Crippen molar-refractivity contribution in [2.75, 3.05) is 17.1 Å². The molecule has 5 nitrogen and oxygen atoms in total. The van der Waals surface area contributed by atoms with E-state index >= 15 is 0 Å². The van der Waals surface area contributed by atoms with Crippen LogP contribution in [0.25, 0.3) is 0 Å². The normalized spacial score (nSPS) is 12.5. The second kappa shape index (κ2) is 8.78. The molecule has 0 spiro atoms. The first-order valence-electron chi connectivity index (χ1n) is 9.44. The number of nitrogens with one attached hydrogen (secondary N) is 1. The maximum atomic E-state index is 12.8. The van der Waals surface area contributed by atoms with E-state index in [9.17, 15) is 13.2 Å². The van der Waals surface area contributed by atoms with Crippen molar-refractivity contribution < 1.29 is 13.2 Å². The van der Waals surface area contributed by atoms with Crippen LogP contribution in [0.3, 0.4) is 0 Å². The number of sulfonamides is 1. The van der Waals surface area contributed by atoms with Gasteiger partial charge in [-0.2, -0.15) is 0 Å². The van der Waals surface area contributed by atoms with Crippen LogP contribution in [0.1, 0.15) is 47.2 Å². The molecule has 0 saturated heterocycles. The van der Waals surface area contributed by atoms with Crippen molar-refractivity contribution in [3.05, 3.63) is 64.2 Å². The number of carbonyl (C=O) groups excluding carboxylic acids is 1. The highest BCUT2D eigenvalue weighted by molar-refractivity contribution is 7.92.